The Morgan fingerprint density at radius 3 is 2.30 bits per heavy atom. The normalized spacial score (nSPS) is 15.4. The van der Waals surface area contributed by atoms with E-state index in [-0.39, 0.29) is 6.10 Å². The Kier molecular flexibility index (Phi) is 6.26. The summed E-state index contributed by atoms with van der Waals surface area (Å²) in [5.74, 6) is 1.20. The molecule has 0 fully saturated rings. The topological polar surface area (TPSA) is 20.2 Å². The van der Waals surface area contributed by atoms with Gasteiger partial charge in [0.2, 0.25) is 0 Å². The fourth-order valence-corrected chi connectivity index (χ4v) is 3.04. The molecular weight excluding hydrogens is 244 g/mol. The second kappa shape index (κ2) is 7.26. The van der Waals surface area contributed by atoms with Crippen molar-refractivity contribution in [3.63, 3.8) is 0 Å². The van der Waals surface area contributed by atoms with E-state index in [2.05, 4.69) is 65.8 Å². The van der Waals surface area contributed by atoms with Crippen LogP contribution in [0.4, 0.5) is 0 Å². The molecule has 0 heterocycles. The Labute approximate surface area is 125 Å². The number of rotatable bonds is 6. The fourth-order valence-electron chi connectivity index (χ4n) is 3.04. The zero-order valence-corrected chi connectivity index (χ0v) is 14.1. The Morgan fingerprint density at radius 1 is 1.10 bits per heavy atom. The highest BCUT2D eigenvalue weighted by molar-refractivity contribution is 5.25. The third kappa shape index (κ3) is 6.56. The SMILES string of the molecule is CC(C)Cc1cccc(C(O)CC(C)CC(C)(C)C)c1. The Bertz CT molecular complexity index is 400. The third-order valence-electron chi connectivity index (χ3n) is 3.57. The molecule has 1 aromatic rings. The molecule has 114 valence electrons. The zero-order chi connectivity index (χ0) is 15.3. The summed E-state index contributed by atoms with van der Waals surface area (Å²) in [6.45, 7) is 13.5. The van der Waals surface area contributed by atoms with Crippen molar-refractivity contribution in [2.75, 3.05) is 0 Å². The molecule has 0 aliphatic rings. The molecule has 0 amide bonds. The van der Waals surface area contributed by atoms with Crippen molar-refractivity contribution in [3.8, 4) is 0 Å². The van der Waals surface area contributed by atoms with Crippen molar-refractivity contribution in [2.24, 2.45) is 17.3 Å². The van der Waals surface area contributed by atoms with E-state index >= 15 is 0 Å². The highest BCUT2D eigenvalue weighted by Crippen LogP contribution is 2.30. The maximum absolute atomic E-state index is 10.4. The maximum Gasteiger partial charge on any atom is 0.0792 e. The van der Waals surface area contributed by atoms with Gasteiger partial charge in [-0.2, -0.15) is 0 Å². The van der Waals surface area contributed by atoms with Crippen molar-refractivity contribution in [1.82, 2.24) is 0 Å². The minimum absolute atomic E-state index is 0.332. The van der Waals surface area contributed by atoms with Gasteiger partial charge in [-0.05, 0) is 47.6 Å². The van der Waals surface area contributed by atoms with Gasteiger partial charge in [0.1, 0.15) is 0 Å². The van der Waals surface area contributed by atoms with Crippen LogP contribution in [0.15, 0.2) is 24.3 Å². The number of aliphatic hydroxyl groups is 1. The van der Waals surface area contributed by atoms with E-state index < -0.39 is 0 Å². The van der Waals surface area contributed by atoms with E-state index in [1.807, 2.05) is 0 Å². The first kappa shape index (κ1) is 17.2. The van der Waals surface area contributed by atoms with Crippen LogP contribution >= 0.6 is 0 Å². The number of hydrogen-bond acceptors (Lipinski definition) is 1. The van der Waals surface area contributed by atoms with E-state index in [4.69, 9.17) is 0 Å². The summed E-state index contributed by atoms with van der Waals surface area (Å²) in [6.07, 6.45) is 2.75. The van der Waals surface area contributed by atoms with E-state index in [1.165, 1.54) is 5.56 Å². The van der Waals surface area contributed by atoms with Crippen LogP contribution in [-0.4, -0.2) is 5.11 Å². The van der Waals surface area contributed by atoms with Crippen LogP contribution in [0, 0.1) is 17.3 Å². The van der Waals surface area contributed by atoms with Crippen LogP contribution in [0.25, 0.3) is 0 Å². The Balaban J connectivity index is 2.65. The highest BCUT2D eigenvalue weighted by atomic mass is 16.3. The predicted molar refractivity (Wildman–Crippen MR) is 87.8 cm³/mol. The molecule has 2 unspecified atom stereocenters. The molecule has 0 aromatic heterocycles. The van der Waals surface area contributed by atoms with Gasteiger partial charge in [0, 0.05) is 0 Å². The van der Waals surface area contributed by atoms with Gasteiger partial charge in [-0.1, -0.05) is 65.8 Å². The number of benzene rings is 1. The molecule has 0 saturated carbocycles. The van der Waals surface area contributed by atoms with Crippen LogP contribution in [-0.2, 0) is 6.42 Å². The second-order valence-electron chi connectivity index (χ2n) is 7.96. The van der Waals surface area contributed by atoms with Gasteiger partial charge in [0.15, 0.2) is 0 Å². The summed E-state index contributed by atoms with van der Waals surface area (Å²) in [7, 11) is 0. The molecule has 0 spiro atoms. The standard InChI is InChI=1S/C19H32O/c1-14(2)10-16-8-7-9-17(12-16)18(20)11-15(3)13-19(4,5)6/h7-9,12,14-15,18,20H,10-11,13H2,1-6H3. The largest absolute Gasteiger partial charge is 0.388 e. The zero-order valence-electron chi connectivity index (χ0n) is 14.1. The van der Waals surface area contributed by atoms with Crippen LogP contribution in [0.2, 0.25) is 0 Å². The lowest BCUT2D eigenvalue weighted by molar-refractivity contribution is 0.134. The van der Waals surface area contributed by atoms with E-state index in [9.17, 15) is 5.11 Å². The van der Waals surface area contributed by atoms with Gasteiger partial charge in [-0.25, -0.2) is 0 Å². The summed E-state index contributed by atoms with van der Waals surface area (Å²) >= 11 is 0. The average Bonchev–Trinajstić information content (AvgIpc) is 2.25. The van der Waals surface area contributed by atoms with Crippen molar-refractivity contribution in [1.29, 1.82) is 0 Å². The van der Waals surface area contributed by atoms with Crippen LogP contribution < -0.4 is 0 Å². The molecule has 1 N–H and O–H groups in total. The van der Waals surface area contributed by atoms with Crippen LogP contribution in [0.1, 0.15) is 71.6 Å². The average molecular weight is 276 g/mol. The minimum Gasteiger partial charge on any atom is -0.388 e. The molecule has 0 bridgehead atoms. The summed E-state index contributed by atoms with van der Waals surface area (Å²) < 4.78 is 0. The molecule has 1 aromatic carbocycles. The summed E-state index contributed by atoms with van der Waals surface area (Å²) in [5.41, 5.74) is 2.74. The van der Waals surface area contributed by atoms with Crippen molar-refractivity contribution >= 4 is 0 Å². The lowest BCUT2D eigenvalue weighted by Gasteiger charge is -2.25. The van der Waals surface area contributed by atoms with Gasteiger partial charge < -0.3 is 5.11 Å². The van der Waals surface area contributed by atoms with Gasteiger partial charge in [-0.3, -0.25) is 0 Å². The first-order chi connectivity index (χ1) is 9.17. The molecule has 2 atom stereocenters. The molecule has 20 heavy (non-hydrogen) atoms. The predicted octanol–water partition coefficient (Wildman–Crippen LogP) is 5.38. The number of hydrogen-bond donors (Lipinski definition) is 1. The minimum atomic E-state index is -0.334. The monoisotopic (exact) mass is 276 g/mol. The molecule has 1 nitrogen and oxygen atoms in total. The molecule has 1 heteroatoms. The van der Waals surface area contributed by atoms with E-state index in [1.54, 1.807) is 0 Å². The van der Waals surface area contributed by atoms with E-state index in [0.717, 1.165) is 24.8 Å². The van der Waals surface area contributed by atoms with Gasteiger partial charge in [0.05, 0.1) is 6.10 Å². The van der Waals surface area contributed by atoms with Crippen molar-refractivity contribution < 1.29 is 5.11 Å². The summed E-state index contributed by atoms with van der Waals surface area (Å²) in [6, 6.07) is 8.46. The number of aliphatic hydroxyl groups excluding tert-OH is 1. The molecule has 0 aliphatic carbocycles. The molecular formula is C19H32O. The lowest BCUT2D eigenvalue weighted by atomic mass is 9.82. The Morgan fingerprint density at radius 2 is 1.75 bits per heavy atom. The molecule has 0 aliphatic heterocycles. The first-order valence-electron chi connectivity index (χ1n) is 7.94. The smallest absolute Gasteiger partial charge is 0.0792 e. The van der Waals surface area contributed by atoms with Gasteiger partial charge >= 0.3 is 0 Å². The van der Waals surface area contributed by atoms with Gasteiger partial charge in [0.25, 0.3) is 0 Å². The molecule has 1 rings (SSSR count). The van der Waals surface area contributed by atoms with Crippen LogP contribution in [0.5, 0.6) is 0 Å². The summed E-state index contributed by atoms with van der Waals surface area (Å²) in [5, 5.41) is 10.4. The Hall–Kier alpha value is -0.820. The maximum atomic E-state index is 10.4. The van der Waals surface area contributed by atoms with Crippen LogP contribution in [0.3, 0.4) is 0 Å². The van der Waals surface area contributed by atoms with Crippen molar-refractivity contribution in [2.45, 2.75) is 66.9 Å². The first-order valence-corrected chi connectivity index (χ1v) is 7.94. The second-order valence-corrected chi connectivity index (χ2v) is 7.96. The van der Waals surface area contributed by atoms with Crippen molar-refractivity contribution in [3.05, 3.63) is 35.4 Å². The molecule has 0 radical (unpaired) electrons. The molecule has 0 saturated heterocycles. The van der Waals surface area contributed by atoms with Gasteiger partial charge in [-0.15, -0.1) is 0 Å². The third-order valence-corrected chi connectivity index (χ3v) is 3.57. The van der Waals surface area contributed by atoms with E-state index in [0.29, 0.717) is 17.3 Å². The fraction of sp³-hybridized carbons (Fsp3) is 0.684. The lowest BCUT2D eigenvalue weighted by Crippen LogP contribution is -2.13. The summed E-state index contributed by atoms with van der Waals surface area (Å²) in [4.78, 5) is 0. The quantitative estimate of drug-likeness (QED) is 0.739. The highest BCUT2D eigenvalue weighted by Gasteiger charge is 2.19.